The van der Waals surface area contributed by atoms with Crippen molar-refractivity contribution in [2.24, 2.45) is 0 Å². The van der Waals surface area contributed by atoms with Crippen molar-refractivity contribution in [3.8, 4) is 0 Å². The zero-order valence-corrected chi connectivity index (χ0v) is 9.93. The number of benzene rings is 1. The minimum absolute atomic E-state index is 0.474. The molecule has 1 aliphatic heterocycles. The van der Waals surface area contributed by atoms with Gasteiger partial charge in [-0.1, -0.05) is 12.1 Å². The zero-order chi connectivity index (χ0) is 11.7. The van der Waals surface area contributed by atoms with E-state index in [1.807, 2.05) is 18.2 Å². The number of para-hydroxylation sites is 1. The molecule has 0 amide bonds. The van der Waals surface area contributed by atoms with Crippen molar-refractivity contribution < 1.29 is 0 Å². The Labute approximate surface area is 101 Å². The van der Waals surface area contributed by atoms with Crippen LogP contribution >= 0.6 is 0 Å². The summed E-state index contributed by atoms with van der Waals surface area (Å²) in [4.78, 5) is 11.1. The highest BCUT2D eigenvalue weighted by atomic mass is 15.3. The van der Waals surface area contributed by atoms with E-state index in [9.17, 15) is 0 Å². The van der Waals surface area contributed by atoms with Crippen molar-refractivity contribution in [3.05, 3.63) is 30.6 Å². The molecule has 0 aliphatic carbocycles. The SMILES string of the molecule is C[C@H]1CNCCN1c1ncnc2ccccc12. The molecule has 0 spiro atoms. The fourth-order valence-electron chi connectivity index (χ4n) is 2.38. The van der Waals surface area contributed by atoms with E-state index in [1.54, 1.807) is 6.33 Å². The van der Waals surface area contributed by atoms with E-state index in [0.717, 1.165) is 36.4 Å². The van der Waals surface area contributed by atoms with E-state index < -0.39 is 0 Å². The molecule has 88 valence electrons. The van der Waals surface area contributed by atoms with Gasteiger partial charge in [-0.2, -0.15) is 0 Å². The van der Waals surface area contributed by atoms with Gasteiger partial charge in [0.15, 0.2) is 0 Å². The van der Waals surface area contributed by atoms with Gasteiger partial charge in [-0.15, -0.1) is 0 Å². The van der Waals surface area contributed by atoms with Crippen molar-refractivity contribution >= 4 is 16.7 Å². The monoisotopic (exact) mass is 228 g/mol. The van der Waals surface area contributed by atoms with Crippen molar-refractivity contribution in [1.29, 1.82) is 0 Å². The molecule has 0 radical (unpaired) electrons. The van der Waals surface area contributed by atoms with Crippen LogP contribution in [0.1, 0.15) is 6.92 Å². The summed E-state index contributed by atoms with van der Waals surface area (Å²) in [6, 6.07) is 8.66. The number of fused-ring (bicyclic) bond motifs is 1. The van der Waals surface area contributed by atoms with Crippen LogP contribution in [0.4, 0.5) is 5.82 Å². The van der Waals surface area contributed by atoms with Gasteiger partial charge in [0.25, 0.3) is 0 Å². The van der Waals surface area contributed by atoms with Gasteiger partial charge < -0.3 is 10.2 Å². The molecule has 4 nitrogen and oxygen atoms in total. The summed E-state index contributed by atoms with van der Waals surface area (Å²) in [6.45, 7) is 5.26. The average molecular weight is 228 g/mol. The first-order chi connectivity index (χ1) is 8.36. The van der Waals surface area contributed by atoms with Crippen LogP contribution in [0.15, 0.2) is 30.6 Å². The zero-order valence-electron chi connectivity index (χ0n) is 9.93. The second-order valence-corrected chi connectivity index (χ2v) is 4.46. The van der Waals surface area contributed by atoms with E-state index in [4.69, 9.17) is 0 Å². The van der Waals surface area contributed by atoms with Crippen LogP contribution in [0.3, 0.4) is 0 Å². The molecular formula is C13H16N4. The Morgan fingerprint density at radius 2 is 2.18 bits per heavy atom. The summed E-state index contributed by atoms with van der Waals surface area (Å²) < 4.78 is 0. The van der Waals surface area contributed by atoms with E-state index in [0.29, 0.717) is 6.04 Å². The molecule has 1 aliphatic rings. The molecule has 0 unspecified atom stereocenters. The van der Waals surface area contributed by atoms with E-state index >= 15 is 0 Å². The predicted octanol–water partition coefficient (Wildman–Crippen LogP) is 1.43. The number of nitrogens with one attached hydrogen (secondary N) is 1. The van der Waals surface area contributed by atoms with Crippen LogP contribution in [0.5, 0.6) is 0 Å². The van der Waals surface area contributed by atoms with Gasteiger partial charge >= 0.3 is 0 Å². The maximum Gasteiger partial charge on any atom is 0.140 e. The van der Waals surface area contributed by atoms with Gasteiger partial charge in [0.05, 0.1) is 5.52 Å². The van der Waals surface area contributed by atoms with Crippen molar-refractivity contribution in [2.45, 2.75) is 13.0 Å². The van der Waals surface area contributed by atoms with Crippen LogP contribution in [-0.4, -0.2) is 35.6 Å². The molecule has 4 heteroatoms. The lowest BCUT2D eigenvalue weighted by Gasteiger charge is -2.35. The number of anilines is 1. The topological polar surface area (TPSA) is 41.0 Å². The molecular weight excluding hydrogens is 212 g/mol. The second kappa shape index (κ2) is 4.30. The summed E-state index contributed by atoms with van der Waals surface area (Å²) in [5.41, 5.74) is 1.02. The molecule has 1 atom stereocenters. The summed E-state index contributed by atoms with van der Waals surface area (Å²) >= 11 is 0. The Hall–Kier alpha value is -1.68. The summed E-state index contributed by atoms with van der Waals surface area (Å²) in [6.07, 6.45) is 1.66. The number of piperazine rings is 1. The van der Waals surface area contributed by atoms with E-state index in [1.165, 1.54) is 0 Å². The largest absolute Gasteiger partial charge is 0.351 e. The van der Waals surface area contributed by atoms with Crippen LogP contribution < -0.4 is 10.2 Å². The summed E-state index contributed by atoms with van der Waals surface area (Å²) in [5.74, 6) is 1.06. The third-order valence-electron chi connectivity index (χ3n) is 3.30. The summed E-state index contributed by atoms with van der Waals surface area (Å²) in [5, 5.41) is 4.54. The minimum atomic E-state index is 0.474. The number of rotatable bonds is 1. The molecule has 3 rings (SSSR count). The lowest BCUT2D eigenvalue weighted by atomic mass is 10.1. The van der Waals surface area contributed by atoms with Crippen LogP contribution in [0, 0.1) is 0 Å². The van der Waals surface area contributed by atoms with Crippen LogP contribution in [-0.2, 0) is 0 Å². The van der Waals surface area contributed by atoms with Crippen molar-refractivity contribution in [1.82, 2.24) is 15.3 Å². The molecule has 2 aromatic rings. The first-order valence-electron chi connectivity index (χ1n) is 6.03. The first kappa shape index (κ1) is 10.5. The second-order valence-electron chi connectivity index (χ2n) is 4.46. The van der Waals surface area contributed by atoms with Gasteiger partial charge in [-0.25, -0.2) is 9.97 Å². The average Bonchev–Trinajstić information content (AvgIpc) is 2.39. The molecule has 0 saturated carbocycles. The number of hydrogen-bond donors (Lipinski definition) is 1. The van der Waals surface area contributed by atoms with Gasteiger partial charge in [0.1, 0.15) is 12.1 Å². The Morgan fingerprint density at radius 3 is 3.06 bits per heavy atom. The third-order valence-corrected chi connectivity index (χ3v) is 3.30. The lowest BCUT2D eigenvalue weighted by molar-refractivity contribution is 0.498. The third kappa shape index (κ3) is 1.85. The van der Waals surface area contributed by atoms with Gasteiger partial charge in [-0.3, -0.25) is 0 Å². The van der Waals surface area contributed by atoms with E-state index in [2.05, 4.69) is 33.2 Å². The van der Waals surface area contributed by atoms with Crippen molar-refractivity contribution in [3.63, 3.8) is 0 Å². The van der Waals surface area contributed by atoms with Gasteiger partial charge in [-0.05, 0) is 19.1 Å². The minimum Gasteiger partial charge on any atom is -0.351 e. The number of nitrogens with zero attached hydrogens (tertiary/aromatic N) is 3. The Morgan fingerprint density at radius 1 is 1.29 bits per heavy atom. The molecule has 17 heavy (non-hydrogen) atoms. The quantitative estimate of drug-likeness (QED) is 0.801. The molecule has 1 N–H and O–H groups in total. The van der Waals surface area contributed by atoms with E-state index in [-0.39, 0.29) is 0 Å². The van der Waals surface area contributed by atoms with Crippen molar-refractivity contribution in [2.75, 3.05) is 24.5 Å². The first-order valence-corrected chi connectivity index (χ1v) is 6.03. The molecule has 2 heterocycles. The molecule has 1 saturated heterocycles. The smallest absolute Gasteiger partial charge is 0.140 e. The standard InChI is InChI=1S/C13H16N4/c1-10-8-14-6-7-17(10)13-11-4-2-3-5-12(11)15-9-16-13/h2-5,9-10,14H,6-8H2,1H3/t10-/m0/s1. The Bertz CT molecular complexity index is 520. The Balaban J connectivity index is 2.10. The number of hydrogen-bond acceptors (Lipinski definition) is 4. The molecule has 0 bridgehead atoms. The molecule has 1 aromatic heterocycles. The highest BCUT2D eigenvalue weighted by Crippen LogP contribution is 2.24. The Kier molecular flexibility index (Phi) is 2.65. The maximum atomic E-state index is 4.47. The highest BCUT2D eigenvalue weighted by Gasteiger charge is 2.20. The number of aromatic nitrogens is 2. The normalized spacial score (nSPS) is 20.8. The fourth-order valence-corrected chi connectivity index (χ4v) is 2.38. The molecule has 1 aromatic carbocycles. The van der Waals surface area contributed by atoms with Crippen LogP contribution in [0.25, 0.3) is 10.9 Å². The highest BCUT2D eigenvalue weighted by molar-refractivity contribution is 5.89. The maximum absolute atomic E-state index is 4.47. The lowest BCUT2D eigenvalue weighted by Crippen LogP contribution is -2.50. The predicted molar refractivity (Wildman–Crippen MR) is 69.2 cm³/mol. The van der Waals surface area contributed by atoms with Crippen LogP contribution in [0.2, 0.25) is 0 Å². The summed E-state index contributed by atoms with van der Waals surface area (Å²) in [7, 11) is 0. The van der Waals surface area contributed by atoms with Gasteiger partial charge in [0.2, 0.25) is 0 Å². The molecule has 1 fully saturated rings. The fraction of sp³-hybridized carbons (Fsp3) is 0.385. The van der Waals surface area contributed by atoms with Gasteiger partial charge in [0, 0.05) is 31.1 Å².